The van der Waals surface area contributed by atoms with E-state index >= 15 is 0 Å². The molecule has 18 heavy (non-hydrogen) atoms. The van der Waals surface area contributed by atoms with Crippen LogP contribution in [0.25, 0.3) is 0 Å². The monoisotopic (exact) mass is 254 g/mol. The van der Waals surface area contributed by atoms with Crippen molar-refractivity contribution in [2.75, 3.05) is 20.1 Å². The molecule has 4 unspecified atom stereocenters. The van der Waals surface area contributed by atoms with Gasteiger partial charge in [-0.05, 0) is 38.3 Å². The van der Waals surface area contributed by atoms with E-state index in [2.05, 4.69) is 45.0 Å². The van der Waals surface area contributed by atoms with Gasteiger partial charge < -0.3 is 10.2 Å². The molecule has 0 amide bonds. The minimum Gasteiger partial charge on any atom is -0.313 e. The lowest BCUT2D eigenvalue weighted by atomic mass is 9.84. The van der Waals surface area contributed by atoms with Gasteiger partial charge in [-0.25, -0.2) is 0 Å². The predicted octanol–water partition coefficient (Wildman–Crippen LogP) is 3.52. The van der Waals surface area contributed by atoms with Gasteiger partial charge in [-0.1, -0.05) is 47.0 Å². The van der Waals surface area contributed by atoms with E-state index in [-0.39, 0.29) is 0 Å². The Morgan fingerprint density at radius 2 is 1.89 bits per heavy atom. The molecule has 2 heteroatoms. The molecule has 0 spiro atoms. The van der Waals surface area contributed by atoms with E-state index < -0.39 is 0 Å². The molecule has 1 rings (SSSR count). The average Bonchev–Trinajstić information content (AvgIpc) is 2.37. The van der Waals surface area contributed by atoms with Crippen LogP contribution < -0.4 is 5.32 Å². The second-order valence-electron chi connectivity index (χ2n) is 6.32. The van der Waals surface area contributed by atoms with Gasteiger partial charge in [0.15, 0.2) is 0 Å². The van der Waals surface area contributed by atoms with Crippen LogP contribution in [0.15, 0.2) is 0 Å². The third-order valence-electron chi connectivity index (χ3n) is 4.91. The molecule has 4 atom stereocenters. The van der Waals surface area contributed by atoms with E-state index in [1.165, 1.54) is 38.6 Å². The Hall–Kier alpha value is -0.0800. The van der Waals surface area contributed by atoms with Crippen LogP contribution in [0.3, 0.4) is 0 Å². The average molecular weight is 254 g/mol. The summed E-state index contributed by atoms with van der Waals surface area (Å²) in [5.74, 6) is 1.65. The van der Waals surface area contributed by atoms with Gasteiger partial charge in [-0.2, -0.15) is 0 Å². The van der Waals surface area contributed by atoms with E-state index in [0.717, 1.165) is 24.4 Å². The second-order valence-corrected chi connectivity index (χ2v) is 6.32. The van der Waals surface area contributed by atoms with Crippen molar-refractivity contribution in [1.82, 2.24) is 10.2 Å². The molecule has 1 saturated carbocycles. The predicted molar refractivity (Wildman–Crippen MR) is 81.0 cm³/mol. The van der Waals surface area contributed by atoms with E-state index in [1.54, 1.807) is 0 Å². The standard InChI is InChI=1S/C16H34N2/c1-6-13(3)15(17-7-2)12-18(5)16-11-9-8-10-14(16)4/h13-17H,6-12H2,1-5H3. The molecule has 1 aliphatic carbocycles. The highest BCUT2D eigenvalue weighted by Crippen LogP contribution is 2.27. The smallest absolute Gasteiger partial charge is 0.0220 e. The number of nitrogens with one attached hydrogen (secondary N) is 1. The Bertz CT molecular complexity index is 217. The van der Waals surface area contributed by atoms with Gasteiger partial charge in [-0.3, -0.25) is 0 Å². The molecule has 108 valence electrons. The fourth-order valence-electron chi connectivity index (χ4n) is 3.39. The summed E-state index contributed by atoms with van der Waals surface area (Å²) < 4.78 is 0. The summed E-state index contributed by atoms with van der Waals surface area (Å²) in [7, 11) is 2.33. The molecule has 0 heterocycles. The van der Waals surface area contributed by atoms with Crippen molar-refractivity contribution in [1.29, 1.82) is 0 Å². The molecule has 0 aromatic rings. The van der Waals surface area contributed by atoms with Gasteiger partial charge in [0.1, 0.15) is 0 Å². The van der Waals surface area contributed by atoms with Crippen LogP contribution >= 0.6 is 0 Å². The minimum atomic E-state index is 0.652. The summed E-state index contributed by atoms with van der Waals surface area (Å²) in [4.78, 5) is 2.63. The lowest BCUT2D eigenvalue weighted by molar-refractivity contribution is 0.118. The van der Waals surface area contributed by atoms with Gasteiger partial charge in [0.05, 0.1) is 0 Å². The van der Waals surface area contributed by atoms with Crippen LogP contribution in [-0.4, -0.2) is 37.1 Å². The number of hydrogen-bond donors (Lipinski definition) is 1. The van der Waals surface area contributed by atoms with Crippen LogP contribution in [0.1, 0.15) is 59.8 Å². The molecule has 0 aromatic carbocycles. The zero-order valence-electron chi connectivity index (χ0n) is 13.2. The lowest BCUT2D eigenvalue weighted by Gasteiger charge is -2.39. The summed E-state index contributed by atoms with van der Waals surface area (Å²) >= 11 is 0. The fraction of sp³-hybridized carbons (Fsp3) is 1.00. The normalized spacial score (nSPS) is 28.3. The first kappa shape index (κ1) is 16.0. The summed E-state index contributed by atoms with van der Waals surface area (Å²) in [6, 6.07) is 1.46. The van der Waals surface area contributed by atoms with Crippen LogP contribution in [0.2, 0.25) is 0 Å². The second kappa shape index (κ2) is 8.16. The molecule has 0 saturated heterocycles. The maximum absolute atomic E-state index is 3.68. The summed E-state index contributed by atoms with van der Waals surface area (Å²) in [5, 5.41) is 3.68. The number of likely N-dealkylation sites (N-methyl/N-ethyl adjacent to an activating group) is 2. The van der Waals surface area contributed by atoms with E-state index in [9.17, 15) is 0 Å². The quantitative estimate of drug-likeness (QED) is 0.748. The van der Waals surface area contributed by atoms with Crippen molar-refractivity contribution >= 4 is 0 Å². The van der Waals surface area contributed by atoms with E-state index in [4.69, 9.17) is 0 Å². The van der Waals surface area contributed by atoms with Crippen LogP contribution in [0, 0.1) is 11.8 Å². The van der Waals surface area contributed by atoms with E-state index in [0.29, 0.717) is 6.04 Å². The SMILES string of the molecule is CCNC(CN(C)C1CCCCC1C)C(C)CC. The van der Waals surface area contributed by atoms with Gasteiger partial charge in [0, 0.05) is 18.6 Å². The first-order valence-electron chi connectivity index (χ1n) is 8.03. The van der Waals surface area contributed by atoms with Crippen molar-refractivity contribution < 1.29 is 0 Å². The Labute approximate surface area is 115 Å². The number of nitrogens with zero attached hydrogens (tertiary/aromatic N) is 1. The Balaban J connectivity index is 2.50. The first-order valence-corrected chi connectivity index (χ1v) is 8.03. The number of hydrogen-bond acceptors (Lipinski definition) is 2. The molecular weight excluding hydrogens is 220 g/mol. The molecule has 0 aromatic heterocycles. The summed E-state index contributed by atoms with van der Waals surface area (Å²) in [6.07, 6.45) is 6.95. The Morgan fingerprint density at radius 3 is 2.44 bits per heavy atom. The van der Waals surface area contributed by atoms with Gasteiger partial charge >= 0.3 is 0 Å². The van der Waals surface area contributed by atoms with Crippen molar-refractivity contribution in [3.8, 4) is 0 Å². The fourth-order valence-corrected chi connectivity index (χ4v) is 3.39. The minimum absolute atomic E-state index is 0.652. The summed E-state index contributed by atoms with van der Waals surface area (Å²) in [5.41, 5.74) is 0. The molecule has 1 aliphatic rings. The molecule has 1 N–H and O–H groups in total. The molecule has 0 aliphatic heterocycles. The highest BCUT2D eigenvalue weighted by atomic mass is 15.2. The third kappa shape index (κ3) is 4.55. The van der Waals surface area contributed by atoms with Crippen molar-refractivity contribution in [3.05, 3.63) is 0 Å². The third-order valence-corrected chi connectivity index (χ3v) is 4.91. The lowest BCUT2D eigenvalue weighted by Crippen LogP contribution is -2.48. The molecular formula is C16H34N2. The Morgan fingerprint density at radius 1 is 1.22 bits per heavy atom. The van der Waals surface area contributed by atoms with Gasteiger partial charge in [-0.15, -0.1) is 0 Å². The first-order chi connectivity index (χ1) is 8.60. The largest absolute Gasteiger partial charge is 0.313 e. The molecule has 2 nitrogen and oxygen atoms in total. The maximum Gasteiger partial charge on any atom is 0.0220 e. The van der Waals surface area contributed by atoms with E-state index in [1.807, 2.05) is 0 Å². The Kier molecular flexibility index (Phi) is 7.25. The van der Waals surface area contributed by atoms with Crippen LogP contribution in [0.5, 0.6) is 0 Å². The van der Waals surface area contributed by atoms with Gasteiger partial charge in [0.25, 0.3) is 0 Å². The van der Waals surface area contributed by atoms with Crippen LogP contribution in [0.4, 0.5) is 0 Å². The van der Waals surface area contributed by atoms with Crippen molar-refractivity contribution in [3.63, 3.8) is 0 Å². The molecule has 0 radical (unpaired) electrons. The highest BCUT2D eigenvalue weighted by molar-refractivity contribution is 4.83. The number of rotatable bonds is 7. The zero-order chi connectivity index (χ0) is 13.5. The molecule has 0 bridgehead atoms. The maximum atomic E-state index is 3.68. The highest BCUT2D eigenvalue weighted by Gasteiger charge is 2.27. The molecule has 1 fully saturated rings. The van der Waals surface area contributed by atoms with Crippen molar-refractivity contribution in [2.24, 2.45) is 11.8 Å². The van der Waals surface area contributed by atoms with Crippen molar-refractivity contribution in [2.45, 2.75) is 71.9 Å². The zero-order valence-corrected chi connectivity index (χ0v) is 13.2. The van der Waals surface area contributed by atoms with Crippen LogP contribution in [-0.2, 0) is 0 Å². The van der Waals surface area contributed by atoms with Gasteiger partial charge in [0.2, 0.25) is 0 Å². The topological polar surface area (TPSA) is 15.3 Å². The summed E-state index contributed by atoms with van der Waals surface area (Å²) in [6.45, 7) is 11.6.